The van der Waals surface area contributed by atoms with E-state index >= 15 is 0 Å². The van der Waals surface area contributed by atoms with Gasteiger partial charge in [-0.3, -0.25) is 4.79 Å². The van der Waals surface area contributed by atoms with Crippen LogP contribution in [-0.2, 0) is 14.8 Å². The number of amides is 1. The number of hydrogen-bond acceptors (Lipinski definition) is 3. The predicted octanol–water partition coefficient (Wildman–Crippen LogP) is 0.526. The maximum Gasteiger partial charge on any atom is 0.228 e. The zero-order chi connectivity index (χ0) is 13.3. The number of rotatable bonds is 2. The van der Waals surface area contributed by atoms with Crippen LogP contribution >= 0.6 is 0 Å². The normalized spacial score (nSPS) is 19.4. The molecule has 1 amide bonds. The highest BCUT2D eigenvalue weighted by Crippen LogP contribution is 2.19. The molecule has 0 spiro atoms. The second kappa shape index (κ2) is 4.94. The van der Waals surface area contributed by atoms with E-state index in [0.717, 1.165) is 0 Å². The predicted molar refractivity (Wildman–Crippen MR) is 67.1 cm³/mol. The molecule has 0 bridgehead atoms. The minimum Gasteiger partial charge on any atom is -0.340 e. The average Bonchev–Trinajstić information content (AvgIpc) is 2.27. The molecule has 0 N–H and O–H groups in total. The molecule has 0 atom stereocenters. The van der Waals surface area contributed by atoms with E-state index in [1.807, 2.05) is 20.8 Å². The van der Waals surface area contributed by atoms with Gasteiger partial charge in [-0.2, -0.15) is 4.31 Å². The molecule has 1 aliphatic heterocycles. The molecule has 0 aromatic heterocycles. The van der Waals surface area contributed by atoms with Gasteiger partial charge < -0.3 is 4.90 Å². The monoisotopic (exact) mass is 262 g/mol. The van der Waals surface area contributed by atoms with Crippen LogP contribution in [0.25, 0.3) is 0 Å². The number of carbonyl (C=O) groups excluding carboxylic acids is 1. The van der Waals surface area contributed by atoms with Gasteiger partial charge in [0.25, 0.3) is 0 Å². The lowest BCUT2D eigenvalue weighted by Crippen LogP contribution is -2.53. The molecule has 6 heteroatoms. The van der Waals surface area contributed by atoms with Crippen molar-refractivity contribution in [1.29, 1.82) is 0 Å². The van der Waals surface area contributed by atoms with Gasteiger partial charge >= 0.3 is 0 Å². The van der Waals surface area contributed by atoms with Crippen molar-refractivity contribution >= 4 is 15.9 Å². The Morgan fingerprint density at radius 3 is 1.94 bits per heavy atom. The van der Waals surface area contributed by atoms with Crippen LogP contribution in [0.2, 0.25) is 0 Å². The molecule has 0 radical (unpaired) electrons. The Hall–Kier alpha value is -0.620. The molecule has 1 saturated heterocycles. The molecule has 0 aromatic carbocycles. The molecule has 100 valence electrons. The quantitative estimate of drug-likeness (QED) is 0.729. The molecule has 0 aromatic rings. The van der Waals surface area contributed by atoms with E-state index in [-0.39, 0.29) is 11.7 Å². The summed E-state index contributed by atoms with van der Waals surface area (Å²) in [6.07, 6.45) is 0. The maximum absolute atomic E-state index is 12.0. The Morgan fingerprint density at radius 2 is 1.59 bits per heavy atom. The first-order chi connectivity index (χ1) is 7.68. The van der Waals surface area contributed by atoms with Crippen molar-refractivity contribution in [1.82, 2.24) is 9.21 Å². The van der Waals surface area contributed by atoms with Crippen molar-refractivity contribution in [3.8, 4) is 0 Å². The van der Waals surface area contributed by atoms with E-state index in [2.05, 4.69) is 0 Å². The van der Waals surface area contributed by atoms with Crippen LogP contribution in [-0.4, -0.2) is 55.5 Å². The van der Waals surface area contributed by atoms with Crippen LogP contribution in [0.5, 0.6) is 0 Å². The van der Waals surface area contributed by atoms with Crippen LogP contribution < -0.4 is 0 Å². The summed E-state index contributed by atoms with van der Waals surface area (Å²) in [7, 11) is -3.11. The summed E-state index contributed by atoms with van der Waals surface area (Å²) in [5, 5.41) is 0. The molecule has 1 aliphatic rings. The molecule has 0 saturated carbocycles. The van der Waals surface area contributed by atoms with Gasteiger partial charge in [-0.25, -0.2) is 8.42 Å². The van der Waals surface area contributed by atoms with Crippen LogP contribution in [0.3, 0.4) is 0 Å². The Kier molecular flexibility index (Phi) is 4.19. The third kappa shape index (κ3) is 3.42. The fourth-order valence-electron chi connectivity index (χ4n) is 1.83. The second-order valence-corrected chi connectivity index (χ2v) is 7.60. The molecule has 1 fully saturated rings. The highest BCUT2D eigenvalue weighted by molar-refractivity contribution is 7.89. The van der Waals surface area contributed by atoms with E-state index in [1.165, 1.54) is 4.31 Å². The topological polar surface area (TPSA) is 57.7 Å². The minimum atomic E-state index is -3.11. The zero-order valence-electron chi connectivity index (χ0n) is 11.1. The summed E-state index contributed by atoms with van der Waals surface area (Å²) >= 11 is 0. The highest BCUT2D eigenvalue weighted by Gasteiger charge is 2.32. The third-order valence-electron chi connectivity index (χ3n) is 2.93. The van der Waals surface area contributed by atoms with Crippen molar-refractivity contribution < 1.29 is 13.2 Å². The summed E-state index contributed by atoms with van der Waals surface area (Å²) in [5.41, 5.74) is -0.397. The van der Waals surface area contributed by atoms with E-state index in [9.17, 15) is 13.2 Å². The maximum atomic E-state index is 12.0. The molecule has 5 nitrogen and oxygen atoms in total. The molecular formula is C11H22N2O3S. The van der Waals surface area contributed by atoms with Gasteiger partial charge in [0.05, 0.1) is 5.75 Å². The Morgan fingerprint density at radius 1 is 1.12 bits per heavy atom. The Bertz CT molecular complexity index is 376. The summed E-state index contributed by atoms with van der Waals surface area (Å²) in [4.78, 5) is 13.8. The third-order valence-corrected chi connectivity index (χ3v) is 4.81. The van der Waals surface area contributed by atoms with Crippen LogP contribution in [0.4, 0.5) is 0 Å². The summed E-state index contributed by atoms with van der Waals surface area (Å²) in [5.74, 6) is 0.214. The summed E-state index contributed by atoms with van der Waals surface area (Å²) < 4.78 is 24.8. The van der Waals surface area contributed by atoms with Gasteiger partial charge in [0.2, 0.25) is 15.9 Å². The van der Waals surface area contributed by atoms with Crippen LogP contribution in [0.1, 0.15) is 27.7 Å². The van der Waals surface area contributed by atoms with Gasteiger partial charge in [0.15, 0.2) is 0 Å². The van der Waals surface area contributed by atoms with Gasteiger partial charge in [-0.15, -0.1) is 0 Å². The van der Waals surface area contributed by atoms with Gasteiger partial charge in [-0.1, -0.05) is 20.8 Å². The molecule has 17 heavy (non-hydrogen) atoms. The Labute approximate surface area is 104 Å². The van der Waals surface area contributed by atoms with E-state index in [1.54, 1.807) is 11.8 Å². The first-order valence-electron chi connectivity index (χ1n) is 5.95. The second-order valence-electron chi connectivity index (χ2n) is 5.34. The summed E-state index contributed by atoms with van der Waals surface area (Å²) in [6.45, 7) is 9.10. The van der Waals surface area contributed by atoms with Gasteiger partial charge in [0, 0.05) is 31.6 Å². The van der Waals surface area contributed by atoms with E-state index < -0.39 is 15.4 Å². The van der Waals surface area contributed by atoms with Gasteiger partial charge in [0.1, 0.15) is 0 Å². The van der Waals surface area contributed by atoms with Crippen molar-refractivity contribution in [2.45, 2.75) is 27.7 Å². The fourth-order valence-corrected chi connectivity index (χ4v) is 2.91. The summed E-state index contributed by atoms with van der Waals surface area (Å²) in [6, 6.07) is 0. The molecule has 0 aliphatic carbocycles. The first kappa shape index (κ1) is 14.4. The lowest BCUT2D eigenvalue weighted by molar-refractivity contribution is -0.140. The molecular weight excluding hydrogens is 240 g/mol. The molecule has 0 unspecified atom stereocenters. The smallest absolute Gasteiger partial charge is 0.228 e. The lowest BCUT2D eigenvalue weighted by atomic mass is 9.94. The van der Waals surface area contributed by atoms with Crippen molar-refractivity contribution in [3.63, 3.8) is 0 Å². The van der Waals surface area contributed by atoms with Gasteiger partial charge in [-0.05, 0) is 6.92 Å². The number of piperazine rings is 1. The lowest BCUT2D eigenvalue weighted by Gasteiger charge is -2.36. The SMILES string of the molecule is CCS(=O)(=O)N1CCN(C(=O)C(C)(C)C)CC1. The largest absolute Gasteiger partial charge is 0.340 e. The van der Waals surface area contributed by atoms with Crippen molar-refractivity contribution in [2.75, 3.05) is 31.9 Å². The van der Waals surface area contributed by atoms with Crippen molar-refractivity contribution in [2.24, 2.45) is 5.41 Å². The highest BCUT2D eigenvalue weighted by atomic mass is 32.2. The minimum absolute atomic E-state index is 0.0889. The first-order valence-corrected chi connectivity index (χ1v) is 7.56. The fraction of sp³-hybridized carbons (Fsp3) is 0.909. The van der Waals surface area contributed by atoms with Crippen LogP contribution in [0.15, 0.2) is 0 Å². The molecule has 1 rings (SSSR count). The van der Waals surface area contributed by atoms with Crippen molar-refractivity contribution in [3.05, 3.63) is 0 Å². The number of carbonyl (C=O) groups is 1. The number of nitrogens with zero attached hydrogens (tertiary/aromatic N) is 2. The van der Waals surface area contributed by atoms with Crippen LogP contribution in [0, 0.1) is 5.41 Å². The zero-order valence-corrected chi connectivity index (χ0v) is 11.9. The van der Waals surface area contributed by atoms with E-state index in [0.29, 0.717) is 26.2 Å². The molecule has 1 heterocycles. The average molecular weight is 262 g/mol. The number of sulfonamides is 1. The standard InChI is InChI=1S/C11H22N2O3S/c1-5-17(15,16)13-8-6-12(7-9-13)10(14)11(2,3)4/h5-9H2,1-4H3. The Balaban J connectivity index is 2.61. The number of hydrogen-bond donors (Lipinski definition) is 0. The van der Waals surface area contributed by atoms with E-state index in [4.69, 9.17) is 0 Å².